The maximum absolute atomic E-state index is 12.9. The van der Waals surface area contributed by atoms with E-state index >= 15 is 0 Å². The van der Waals surface area contributed by atoms with Gasteiger partial charge >= 0.3 is 0 Å². The minimum atomic E-state index is -0.536. The summed E-state index contributed by atoms with van der Waals surface area (Å²) in [6, 6.07) is 4.76. The Kier molecular flexibility index (Phi) is 7.32. The Morgan fingerprint density at radius 2 is 2.09 bits per heavy atom. The zero-order chi connectivity index (χ0) is 23.9. The third-order valence-corrected chi connectivity index (χ3v) is 5.41. The lowest BCUT2D eigenvalue weighted by Crippen LogP contribution is -2.28. The average molecular weight is 470 g/mol. The number of nitrogen functional groups attached to an aromatic ring is 1. The number of nitrogens with one attached hydrogen (secondary N) is 1. The molecule has 3 aromatic rings. The number of hydrogen-bond acceptors (Lipinski definition) is 11. The number of ether oxygens (including phenoxy) is 1. The van der Waals surface area contributed by atoms with Gasteiger partial charge < -0.3 is 15.6 Å². The molecule has 34 heavy (non-hydrogen) atoms. The number of amides is 1. The van der Waals surface area contributed by atoms with Crippen LogP contribution in [0.25, 0.3) is 5.82 Å². The molecule has 0 spiro atoms. The van der Waals surface area contributed by atoms with Crippen LogP contribution in [-0.4, -0.2) is 67.1 Å². The molecule has 1 aliphatic heterocycles. The Morgan fingerprint density at radius 1 is 1.29 bits per heavy atom. The lowest BCUT2D eigenvalue weighted by Gasteiger charge is -2.20. The number of carbonyl (C=O) groups excluding carboxylic acids is 1. The van der Waals surface area contributed by atoms with Gasteiger partial charge in [0, 0.05) is 6.54 Å². The van der Waals surface area contributed by atoms with E-state index in [2.05, 4.69) is 36.1 Å². The molecule has 3 heterocycles. The second-order valence-corrected chi connectivity index (χ2v) is 7.82. The number of hydrogen-bond donors (Lipinski definition) is 3. The molecule has 4 rings (SSSR count). The number of likely N-dealkylation sites (tertiary alicyclic amines) is 1. The minimum absolute atomic E-state index is 0.0272. The SMILES string of the molecule is CCOc1cc(/C=N/NC(=O)c2nnn(-c3nonc3N)c2CN2CCCCCC2)ccc1O. The highest BCUT2D eigenvalue weighted by Gasteiger charge is 2.25. The molecular weight excluding hydrogens is 442 g/mol. The van der Waals surface area contributed by atoms with Crippen molar-refractivity contribution in [3.05, 3.63) is 35.2 Å². The molecule has 0 unspecified atom stereocenters. The molecule has 2 aromatic heterocycles. The van der Waals surface area contributed by atoms with Crippen LogP contribution in [0.2, 0.25) is 0 Å². The van der Waals surface area contributed by atoms with Gasteiger partial charge in [0.15, 0.2) is 17.2 Å². The Balaban J connectivity index is 1.55. The molecule has 0 atom stereocenters. The van der Waals surface area contributed by atoms with Crippen LogP contribution >= 0.6 is 0 Å². The summed E-state index contributed by atoms with van der Waals surface area (Å²) in [5.41, 5.74) is 9.58. The number of carbonyl (C=O) groups is 1. The molecule has 1 amide bonds. The van der Waals surface area contributed by atoms with Crippen LogP contribution in [0.5, 0.6) is 11.5 Å². The Labute approximate surface area is 195 Å². The summed E-state index contributed by atoms with van der Waals surface area (Å²) in [6.07, 6.45) is 5.96. The zero-order valence-electron chi connectivity index (χ0n) is 18.8. The van der Waals surface area contributed by atoms with Crippen molar-refractivity contribution in [2.24, 2.45) is 5.10 Å². The predicted molar refractivity (Wildman–Crippen MR) is 122 cm³/mol. The van der Waals surface area contributed by atoms with Gasteiger partial charge in [-0.1, -0.05) is 18.1 Å². The van der Waals surface area contributed by atoms with Crippen LogP contribution in [0.15, 0.2) is 27.9 Å². The number of rotatable bonds is 8. The van der Waals surface area contributed by atoms with Crippen LogP contribution in [0.1, 0.15) is 54.4 Å². The molecule has 13 heteroatoms. The van der Waals surface area contributed by atoms with Crippen molar-refractivity contribution in [3.63, 3.8) is 0 Å². The van der Waals surface area contributed by atoms with Gasteiger partial charge in [0.05, 0.1) is 18.5 Å². The Morgan fingerprint density at radius 3 is 2.79 bits per heavy atom. The normalized spacial score (nSPS) is 14.9. The highest BCUT2D eigenvalue weighted by molar-refractivity contribution is 5.94. The molecule has 1 aromatic carbocycles. The minimum Gasteiger partial charge on any atom is -0.504 e. The standard InChI is InChI=1S/C21H27N9O4/c1-2-33-17-11-14(7-8-16(17)31)12-23-25-21(32)18-15(13-29-9-5-3-4-6-10-29)30(28-24-18)20-19(22)26-34-27-20/h7-8,11-12,31H,2-6,9-10,13H2,1H3,(H2,22,26)(H,25,32)/b23-12+. The quantitative estimate of drug-likeness (QED) is 0.324. The highest BCUT2D eigenvalue weighted by Crippen LogP contribution is 2.26. The number of anilines is 1. The monoisotopic (exact) mass is 469 g/mol. The van der Waals surface area contributed by atoms with Gasteiger partial charge in [-0.2, -0.15) is 9.78 Å². The highest BCUT2D eigenvalue weighted by atomic mass is 16.6. The summed E-state index contributed by atoms with van der Waals surface area (Å²) in [5.74, 6) is 0.0432. The molecule has 0 aliphatic carbocycles. The van der Waals surface area contributed by atoms with E-state index in [1.54, 1.807) is 12.1 Å². The van der Waals surface area contributed by atoms with Gasteiger partial charge in [-0.25, -0.2) is 10.1 Å². The number of nitrogens with two attached hydrogens (primary N) is 1. The van der Waals surface area contributed by atoms with Gasteiger partial charge in [-0.05, 0) is 66.9 Å². The van der Waals surface area contributed by atoms with Crippen LogP contribution in [-0.2, 0) is 6.54 Å². The number of phenolic OH excluding ortho intramolecular Hbond substituents is 1. The largest absolute Gasteiger partial charge is 0.504 e. The molecule has 1 fully saturated rings. The number of aromatic hydroxyl groups is 1. The van der Waals surface area contributed by atoms with Crippen molar-refractivity contribution in [2.75, 3.05) is 25.4 Å². The lowest BCUT2D eigenvalue weighted by atomic mass is 10.2. The van der Waals surface area contributed by atoms with Crippen LogP contribution in [0.4, 0.5) is 5.82 Å². The fourth-order valence-corrected chi connectivity index (χ4v) is 3.73. The van der Waals surface area contributed by atoms with Crippen molar-refractivity contribution < 1.29 is 19.3 Å². The zero-order valence-corrected chi connectivity index (χ0v) is 18.8. The van der Waals surface area contributed by atoms with E-state index in [9.17, 15) is 9.90 Å². The Hall–Kier alpha value is -4.00. The van der Waals surface area contributed by atoms with E-state index in [1.165, 1.54) is 29.8 Å². The van der Waals surface area contributed by atoms with Crippen molar-refractivity contribution in [3.8, 4) is 17.3 Å². The van der Waals surface area contributed by atoms with Gasteiger partial charge in [0.25, 0.3) is 5.91 Å². The average Bonchev–Trinajstić information content (AvgIpc) is 3.33. The maximum Gasteiger partial charge on any atom is 0.293 e. The summed E-state index contributed by atoms with van der Waals surface area (Å²) >= 11 is 0. The van der Waals surface area contributed by atoms with Gasteiger partial charge in [0.2, 0.25) is 11.6 Å². The Bertz CT molecular complexity index is 1150. The molecule has 0 radical (unpaired) electrons. The molecule has 180 valence electrons. The molecule has 13 nitrogen and oxygen atoms in total. The summed E-state index contributed by atoms with van der Waals surface area (Å²) in [4.78, 5) is 15.2. The lowest BCUT2D eigenvalue weighted by molar-refractivity contribution is 0.0947. The van der Waals surface area contributed by atoms with Crippen molar-refractivity contribution in [1.82, 2.24) is 35.6 Å². The van der Waals surface area contributed by atoms with E-state index in [0.717, 1.165) is 25.9 Å². The first kappa shape index (κ1) is 23.2. The number of hydrazone groups is 1. The second kappa shape index (κ2) is 10.7. The van der Waals surface area contributed by atoms with Gasteiger partial charge in [-0.15, -0.1) is 5.10 Å². The molecule has 4 N–H and O–H groups in total. The molecule has 1 saturated heterocycles. The van der Waals surface area contributed by atoms with Crippen LogP contribution in [0.3, 0.4) is 0 Å². The number of aromatic nitrogens is 5. The first-order chi connectivity index (χ1) is 16.6. The van der Waals surface area contributed by atoms with Crippen molar-refractivity contribution in [1.29, 1.82) is 0 Å². The number of nitrogens with zero attached hydrogens (tertiary/aromatic N) is 7. The molecule has 0 saturated carbocycles. The fourth-order valence-electron chi connectivity index (χ4n) is 3.73. The second-order valence-electron chi connectivity index (χ2n) is 7.82. The predicted octanol–water partition coefficient (Wildman–Crippen LogP) is 1.48. The van der Waals surface area contributed by atoms with Crippen LogP contribution < -0.4 is 15.9 Å². The number of benzene rings is 1. The van der Waals surface area contributed by atoms with Crippen LogP contribution in [0, 0.1) is 0 Å². The molecule has 0 bridgehead atoms. The van der Waals surface area contributed by atoms with Gasteiger partial charge in [0.1, 0.15) is 0 Å². The first-order valence-corrected chi connectivity index (χ1v) is 11.1. The third kappa shape index (κ3) is 5.31. The molecular formula is C21H27N9O4. The topological polar surface area (TPSA) is 170 Å². The van der Waals surface area contributed by atoms with E-state index in [4.69, 9.17) is 15.1 Å². The van der Waals surface area contributed by atoms with Crippen molar-refractivity contribution >= 4 is 17.9 Å². The number of phenols is 1. The van der Waals surface area contributed by atoms with E-state index in [0.29, 0.717) is 30.2 Å². The van der Waals surface area contributed by atoms with E-state index in [1.807, 2.05) is 6.92 Å². The van der Waals surface area contributed by atoms with E-state index < -0.39 is 5.91 Å². The van der Waals surface area contributed by atoms with Crippen molar-refractivity contribution in [2.45, 2.75) is 39.2 Å². The first-order valence-electron chi connectivity index (χ1n) is 11.1. The van der Waals surface area contributed by atoms with E-state index in [-0.39, 0.29) is 23.1 Å². The third-order valence-electron chi connectivity index (χ3n) is 5.41. The summed E-state index contributed by atoms with van der Waals surface area (Å²) in [7, 11) is 0. The fraction of sp³-hybridized carbons (Fsp3) is 0.429. The summed E-state index contributed by atoms with van der Waals surface area (Å²) < 4.78 is 11.4. The summed E-state index contributed by atoms with van der Waals surface area (Å²) in [6.45, 7) is 4.47. The molecule has 1 aliphatic rings. The summed E-state index contributed by atoms with van der Waals surface area (Å²) in [5, 5.41) is 29.4. The maximum atomic E-state index is 12.9. The smallest absolute Gasteiger partial charge is 0.293 e. The van der Waals surface area contributed by atoms with Gasteiger partial charge in [-0.3, -0.25) is 9.69 Å².